The molecule has 0 heterocycles. The van der Waals surface area contributed by atoms with Crippen LogP contribution < -0.4 is 10.6 Å². The van der Waals surface area contributed by atoms with Crippen molar-refractivity contribution in [3.05, 3.63) is 33.9 Å². The Bertz CT molecular complexity index is 471. The van der Waals surface area contributed by atoms with Crippen molar-refractivity contribution in [3.8, 4) is 6.07 Å². The van der Waals surface area contributed by atoms with Gasteiger partial charge in [0.15, 0.2) is 0 Å². The SMILES string of the molecule is COCCNCCNc1ccc(C#N)c([N+](=O)[O-])c1. The summed E-state index contributed by atoms with van der Waals surface area (Å²) < 4.78 is 4.89. The molecule has 0 aliphatic heterocycles. The fraction of sp³-hybridized carbons (Fsp3) is 0.417. The molecular weight excluding hydrogens is 248 g/mol. The molecule has 0 unspecified atom stereocenters. The van der Waals surface area contributed by atoms with E-state index >= 15 is 0 Å². The van der Waals surface area contributed by atoms with Crippen molar-refractivity contribution in [1.29, 1.82) is 5.26 Å². The Kier molecular flexibility index (Phi) is 6.29. The van der Waals surface area contributed by atoms with Gasteiger partial charge in [0.2, 0.25) is 0 Å². The molecule has 7 nitrogen and oxygen atoms in total. The zero-order chi connectivity index (χ0) is 14.1. The van der Waals surface area contributed by atoms with Crippen molar-refractivity contribution in [3.63, 3.8) is 0 Å². The maximum atomic E-state index is 10.8. The molecule has 1 aromatic carbocycles. The highest BCUT2D eigenvalue weighted by atomic mass is 16.6. The number of hydrogen-bond acceptors (Lipinski definition) is 6. The summed E-state index contributed by atoms with van der Waals surface area (Å²) in [6, 6.07) is 6.26. The van der Waals surface area contributed by atoms with Crippen molar-refractivity contribution in [2.75, 3.05) is 38.7 Å². The van der Waals surface area contributed by atoms with E-state index in [1.165, 1.54) is 12.1 Å². The molecule has 1 rings (SSSR count). The number of nitrogens with one attached hydrogen (secondary N) is 2. The second kappa shape index (κ2) is 8.02. The third-order valence-corrected chi connectivity index (χ3v) is 2.43. The molecule has 19 heavy (non-hydrogen) atoms. The summed E-state index contributed by atoms with van der Waals surface area (Å²) in [7, 11) is 1.63. The van der Waals surface area contributed by atoms with E-state index in [0.29, 0.717) is 18.8 Å². The smallest absolute Gasteiger partial charge is 0.289 e. The Morgan fingerprint density at radius 2 is 2.21 bits per heavy atom. The first-order valence-corrected chi connectivity index (χ1v) is 5.81. The molecule has 0 spiro atoms. The van der Waals surface area contributed by atoms with Gasteiger partial charge < -0.3 is 15.4 Å². The molecule has 102 valence electrons. The lowest BCUT2D eigenvalue weighted by Crippen LogP contribution is -2.25. The predicted octanol–water partition coefficient (Wildman–Crippen LogP) is 1.11. The van der Waals surface area contributed by atoms with Crippen LogP contribution in [0.15, 0.2) is 18.2 Å². The van der Waals surface area contributed by atoms with Gasteiger partial charge >= 0.3 is 0 Å². The zero-order valence-corrected chi connectivity index (χ0v) is 10.7. The fourth-order valence-corrected chi connectivity index (χ4v) is 1.48. The largest absolute Gasteiger partial charge is 0.384 e. The first kappa shape index (κ1) is 14.9. The molecule has 1 aromatic rings. The lowest BCUT2D eigenvalue weighted by molar-refractivity contribution is -0.385. The van der Waals surface area contributed by atoms with E-state index in [-0.39, 0.29) is 11.3 Å². The van der Waals surface area contributed by atoms with Crippen LogP contribution in [0, 0.1) is 21.4 Å². The summed E-state index contributed by atoms with van der Waals surface area (Å²) in [4.78, 5) is 10.2. The summed E-state index contributed by atoms with van der Waals surface area (Å²) in [5.41, 5.74) is 0.507. The lowest BCUT2D eigenvalue weighted by Gasteiger charge is -2.07. The minimum Gasteiger partial charge on any atom is -0.384 e. The number of ether oxygens (including phenoxy) is 1. The van der Waals surface area contributed by atoms with Gasteiger partial charge in [-0.2, -0.15) is 5.26 Å². The van der Waals surface area contributed by atoms with Gasteiger partial charge in [-0.1, -0.05) is 0 Å². The summed E-state index contributed by atoms with van der Waals surface area (Å²) in [5, 5.41) is 25.7. The third-order valence-electron chi connectivity index (χ3n) is 2.43. The normalized spacial score (nSPS) is 9.89. The summed E-state index contributed by atoms with van der Waals surface area (Å²) in [6.07, 6.45) is 0. The van der Waals surface area contributed by atoms with Gasteiger partial charge in [-0.15, -0.1) is 0 Å². The highest BCUT2D eigenvalue weighted by Gasteiger charge is 2.13. The van der Waals surface area contributed by atoms with Gasteiger partial charge in [0.05, 0.1) is 11.5 Å². The monoisotopic (exact) mass is 264 g/mol. The molecule has 0 fully saturated rings. The number of hydrogen-bond donors (Lipinski definition) is 2. The number of anilines is 1. The average Bonchev–Trinajstić information content (AvgIpc) is 2.42. The molecule has 0 aliphatic carbocycles. The molecule has 0 saturated heterocycles. The van der Waals surface area contributed by atoms with Crippen molar-refractivity contribution >= 4 is 11.4 Å². The Morgan fingerprint density at radius 3 is 2.84 bits per heavy atom. The number of nitrogens with zero attached hydrogens (tertiary/aromatic N) is 2. The summed E-state index contributed by atoms with van der Waals surface area (Å²) >= 11 is 0. The van der Waals surface area contributed by atoms with Crippen molar-refractivity contribution < 1.29 is 9.66 Å². The van der Waals surface area contributed by atoms with E-state index in [1.807, 2.05) is 0 Å². The van der Waals surface area contributed by atoms with Gasteiger partial charge in [-0.3, -0.25) is 10.1 Å². The molecule has 2 N–H and O–H groups in total. The number of benzene rings is 1. The van der Waals surface area contributed by atoms with Gasteiger partial charge in [0, 0.05) is 38.5 Å². The van der Waals surface area contributed by atoms with Gasteiger partial charge in [-0.25, -0.2) is 0 Å². The molecule has 0 aromatic heterocycles. The second-order valence-corrected chi connectivity index (χ2v) is 3.77. The van der Waals surface area contributed by atoms with Crippen LogP contribution >= 0.6 is 0 Å². The Morgan fingerprint density at radius 1 is 1.42 bits per heavy atom. The predicted molar refractivity (Wildman–Crippen MR) is 71.0 cm³/mol. The Labute approximate surface area is 111 Å². The highest BCUT2D eigenvalue weighted by molar-refractivity contribution is 5.59. The van der Waals surface area contributed by atoms with Crippen LogP contribution in [0.3, 0.4) is 0 Å². The summed E-state index contributed by atoms with van der Waals surface area (Å²) in [5.74, 6) is 0. The fourth-order valence-electron chi connectivity index (χ4n) is 1.48. The number of nitro benzene ring substituents is 1. The quantitative estimate of drug-likeness (QED) is 0.414. The highest BCUT2D eigenvalue weighted by Crippen LogP contribution is 2.22. The molecule has 0 amide bonds. The van der Waals surface area contributed by atoms with Crippen molar-refractivity contribution in [2.45, 2.75) is 0 Å². The average molecular weight is 264 g/mol. The Balaban J connectivity index is 2.49. The van der Waals surface area contributed by atoms with Crippen LogP contribution in [-0.2, 0) is 4.74 Å². The molecular formula is C12H16N4O3. The molecule has 0 atom stereocenters. The topological polar surface area (TPSA) is 100 Å². The minimum atomic E-state index is -0.555. The van der Waals surface area contributed by atoms with Crippen LogP contribution in [0.2, 0.25) is 0 Å². The molecule has 0 bridgehead atoms. The van der Waals surface area contributed by atoms with E-state index in [0.717, 1.165) is 13.1 Å². The molecule has 0 saturated carbocycles. The Hall–Kier alpha value is -2.17. The van der Waals surface area contributed by atoms with E-state index < -0.39 is 4.92 Å². The third kappa shape index (κ3) is 4.91. The number of rotatable bonds is 8. The molecule has 0 radical (unpaired) electrons. The van der Waals surface area contributed by atoms with Crippen LogP contribution in [0.4, 0.5) is 11.4 Å². The van der Waals surface area contributed by atoms with E-state index in [1.54, 1.807) is 19.2 Å². The van der Waals surface area contributed by atoms with Crippen molar-refractivity contribution in [1.82, 2.24) is 5.32 Å². The zero-order valence-electron chi connectivity index (χ0n) is 10.7. The van der Waals surface area contributed by atoms with E-state index in [2.05, 4.69) is 10.6 Å². The first-order valence-electron chi connectivity index (χ1n) is 5.81. The van der Waals surface area contributed by atoms with Crippen LogP contribution in [0.5, 0.6) is 0 Å². The van der Waals surface area contributed by atoms with Crippen LogP contribution in [0.1, 0.15) is 5.56 Å². The maximum absolute atomic E-state index is 10.8. The van der Waals surface area contributed by atoms with Gasteiger partial charge in [0.25, 0.3) is 5.69 Å². The number of nitro groups is 1. The standard InChI is InChI=1S/C12H16N4O3/c1-19-7-6-14-4-5-15-11-3-2-10(9-13)12(8-11)16(17)18/h2-3,8,14-15H,4-7H2,1H3. The minimum absolute atomic E-state index is 0.0637. The lowest BCUT2D eigenvalue weighted by atomic mass is 10.2. The molecule has 7 heteroatoms. The van der Waals surface area contributed by atoms with E-state index in [9.17, 15) is 10.1 Å². The van der Waals surface area contributed by atoms with Crippen LogP contribution in [-0.4, -0.2) is 38.3 Å². The van der Waals surface area contributed by atoms with Gasteiger partial charge in [-0.05, 0) is 12.1 Å². The van der Waals surface area contributed by atoms with Gasteiger partial charge in [0.1, 0.15) is 11.6 Å². The second-order valence-electron chi connectivity index (χ2n) is 3.77. The maximum Gasteiger partial charge on any atom is 0.289 e. The number of methoxy groups -OCH3 is 1. The van der Waals surface area contributed by atoms with Crippen LogP contribution in [0.25, 0.3) is 0 Å². The summed E-state index contributed by atoms with van der Waals surface area (Å²) in [6.45, 7) is 2.75. The number of nitriles is 1. The first-order chi connectivity index (χ1) is 9.19. The van der Waals surface area contributed by atoms with E-state index in [4.69, 9.17) is 10.00 Å². The van der Waals surface area contributed by atoms with Crippen molar-refractivity contribution in [2.24, 2.45) is 0 Å². The molecule has 0 aliphatic rings.